The Bertz CT molecular complexity index is 730. The molecule has 162 valence electrons. The summed E-state index contributed by atoms with van der Waals surface area (Å²) in [6.07, 6.45) is 2.49. The second-order valence-corrected chi connectivity index (χ2v) is 7.50. The summed E-state index contributed by atoms with van der Waals surface area (Å²) in [4.78, 5) is 4.25. The van der Waals surface area contributed by atoms with Gasteiger partial charge in [0, 0.05) is 25.6 Å². The molecule has 0 amide bonds. The first-order chi connectivity index (χ1) is 13.4. The van der Waals surface area contributed by atoms with Crippen molar-refractivity contribution in [3.63, 3.8) is 0 Å². The minimum atomic E-state index is -4.31. The Balaban J connectivity index is 0.00000300. The molecule has 2 N–H and O–H groups in total. The van der Waals surface area contributed by atoms with E-state index in [1.54, 1.807) is 7.05 Å². The third-order valence-electron chi connectivity index (χ3n) is 5.73. The average Bonchev–Trinajstić information content (AvgIpc) is 2.66. The van der Waals surface area contributed by atoms with Gasteiger partial charge in [0.15, 0.2) is 5.96 Å². The van der Waals surface area contributed by atoms with Gasteiger partial charge in [0.05, 0.1) is 18.8 Å². The molecule has 1 heterocycles. The van der Waals surface area contributed by atoms with Crippen molar-refractivity contribution in [1.82, 2.24) is 10.6 Å². The van der Waals surface area contributed by atoms with E-state index in [1.807, 2.05) is 6.07 Å². The van der Waals surface area contributed by atoms with Crippen LogP contribution in [0.3, 0.4) is 0 Å². The predicted octanol–water partition coefficient (Wildman–Crippen LogP) is 4.65. The van der Waals surface area contributed by atoms with Gasteiger partial charge >= 0.3 is 6.18 Å². The Labute approximate surface area is 187 Å². The van der Waals surface area contributed by atoms with Crippen LogP contribution in [-0.4, -0.2) is 39.3 Å². The molecule has 0 unspecified atom stereocenters. The van der Waals surface area contributed by atoms with Gasteiger partial charge in [0.25, 0.3) is 0 Å². The molecule has 0 bridgehead atoms. The Kier molecular flexibility index (Phi) is 8.81. The number of hydrogen-bond acceptors (Lipinski definition) is 2. The maximum absolute atomic E-state index is 13.1. The first-order valence-electron chi connectivity index (χ1n) is 9.81. The Morgan fingerprint density at radius 1 is 1.24 bits per heavy atom. The monoisotopic (exact) mass is 523 g/mol. The number of ether oxygens (including phenoxy) is 1. The molecule has 4 nitrogen and oxygen atoms in total. The first kappa shape index (κ1) is 24.0. The van der Waals surface area contributed by atoms with Crippen molar-refractivity contribution >= 4 is 29.9 Å². The highest BCUT2D eigenvalue weighted by molar-refractivity contribution is 14.0. The Hall–Kier alpha value is -1.29. The second kappa shape index (κ2) is 10.7. The van der Waals surface area contributed by atoms with Crippen LogP contribution in [0.25, 0.3) is 0 Å². The van der Waals surface area contributed by atoms with E-state index in [2.05, 4.69) is 21.7 Å². The Morgan fingerprint density at radius 2 is 2.03 bits per heavy atom. The van der Waals surface area contributed by atoms with Gasteiger partial charge in [-0.2, -0.15) is 13.2 Å². The first-order valence-corrected chi connectivity index (χ1v) is 9.81. The van der Waals surface area contributed by atoms with Gasteiger partial charge < -0.3 is 15.4 Å². The van der Waals surface area contributed by atoms with Gasteiger partial charge in [-0.25, -0.2) is 0 Å². The van der Waals surface area contributed by atoms with Crippen LogP contribution in [0, 0.1) is 0 Å². The highest BCUT2D eigenvalue weighted by Gasteiger charge is 2.40. The Morgan fingerprint density at radius 3 is 2.62 bits per heavy atom. The number of guanidine groups is 1. The van der Waals surface area contributed by atoms with Gasteiger partial charge in [-0.15, -0.1) is 24.0 Å². The number of alkyl halides is 3. The number of aliphatic imine (C=N–C) groups is 1. The van der Waals surface area contributed by atoms with Crippen LogP contribution >= 0.6 is 24.0 Å². The predicted molar refractivity (Wildman–Crippen MR) is 120 cm³/mol. The zero-order chi connectivity index (χ0) is 20.0. The molecule has 1 saturated carbocycles. The van der Waals surface area contributed by atoms with E-state index >= 15 is 0 Å². The SMILES string of the molecule is CN=C(NCCC1=CCOCC1)NCC1(c2cccc(C(F)(F)F)c2)CCC1.I. The molecule has 0 spiro atoms. The van der Waals surface area contributed by atoms with Crippen molar-refractivity contribution in [1.29, 1.82) is 0 Å². The number of halogens is 4. The zero-order valence-electron chi connectivity index (χ0n) is 16.6. The lowest BCUT2D eigenvalue weighted by Gasteiger charge is -2.43. The lowest BCUT2D eigenvalue weighted by Crippen LogP contribution is -2.49. The molecule has 1 aliphatic heterocycles. The van der Waals surface area contributed by atoms with Gasteiger partial charge in [0.2, 0.25) is 0 Å². The van der Waals surface area contributed by atoms with E-state index in [9.17, 15) is 13.2 Å². The van der Waals surface area contributed by atoms with Crippen molar-refractivity contribution in [3.05, 3.63) is 47.0 Å². The van der Waals surface area contributed by atoms with Crippen molar-refractivity contribution in [2.75, 3.05) is 33.4 Å². The lowest BCUT2D eigenvalue weighted by atomic mass is 9.64. The van der Waals surface area contributed by atoms with Crippen molar-refractivity contribution < 1.29 is 17.9 Å². The van der Waals surface area contributed by atoms with Crippen molar-refractivity contribution in [2.45, 2.75) is 43.7 Å². The van der Waals surface area contributed by atoms with Crippen molar-refractivity contribution in [2.24, 2.45) is 4.99 Å². The topological polar surface area (TPSA) is 45.7 Å². The molecule has 3 rings (SSSR count). The van der Waals surface area contributed by atoms with Crippen LogP contribution in [0.2, 0.25) is 0 Å². The summed E-state index contributed by atoms with van der Waals surface area (Å²) in [6.45, 7) is 2.80. The fourth-order valence-electron chi connectivity index (χ4n) is 3.80. The zero-order valence-corrected chi connectivity index (χ0v) is 19.0. The van der Waals surface area contributed by atoms with E-state index in [0.29, 0.717) is 19.1 Å². The number of nitrogens with one attached hydrogen (secondary N) is 2. The summed E-state index contributed by atoms with van der Waals surface area (Å²) in [5.74, 6) is 0.686. The molecule has 1 fully saturated rings. The van der Waals surface area contributed by atoms with Crippen molar-refractivity contribution in [3.8, 4) is 0 Å². The molecular weight excluding hydrogens is 494 g/mol. The molecule has 0 atom stereocenters. The molecule has 8 heteroatoms. The summed E-state index contributed by atoms with van der Waals surface area (Å²) in [5.41, 5.74) is 1.29. The van der Waals surface area contributed by atoms with Crippen LogP contribution < -0.4 is 10.6 Å². The number of benzene rings is 1. The molecule has 1 aliphatic carbocycles. The molecule has 0 aromatic heterocycles. The summed E-state index contributed by atoms with van der Waals surface area (Å²) in [6, 6.07) is 5.75. The second-order valence-electron chi connectivity index (χ2n) is 7.50. The minimum Gasteiger partial charge on any atom is -0.377 e. The molecule has 0 saturated heterocycles. The van der Waals surface area contributed by atoms with E-state index in [0.717, 1.165) is 56.9 Å². The van der Waals surface area contributed by atoms with E-state index in [-0.39, 0.29) is 29.4 Å². The van der Waals surface area contributed by atoms with Crippen LogP contribution in [0.15, 0.2) is 40.9 Å². The largest absolute Gasteiger partial charge is 0.416 e. The summed E-state index contributed by atoms with van der Waals surface area (Å²) in [5, 5.41) is 6.62. The smallest absolute Gasteiger partial charge is 0.377 e. The molecule has 1 aromatic rings. The highest BCUT2D eigenvalue weighted by atomic mass is 127. The summed E-state index contributed by atoms with van der Waals surface area (Å²) < 4.78 is 44.6. The fraction of sp³-hybridized carbons (Fsp3) is 0.571. The quantitative estimate of drug-likeness (QED) is 0.247. The summed E-state index contributed by atoms with van der Waals surface area (Å²) in [7, 11) is 1.71. The van der Waals surface area contributed by atoms with E-state index in [1.165, 1.54) is 17.7 Å². The third kappa shape index (κ3) is 6.34. The average molecular weight is 523 g/mol. The summed E-state index contributed by atoms with van der Waals surface area (Å²) >= 11 is 0. The molecule has 29 heavy (non-hydrogen) atoms. The number of hydrogen-bond donors (Lipinski definition) is 2. The molecular formula is C21H29F3IN3O. The molecule has 1 aromatic carbocycles. The standard InChI is InChI=1S/C21H28F3N3O.HI/c1-25-19(26-11-6-16-7-12-28-13-8-16)27-15-20(9-3-10-20)17-4-2-5-18(14-17)21(22,23)24;/h2,4-5,7,14H,3,6,8-13,15H2,1H3,(H2,25,26,27);1H. The van der Waals surface area contributed by atoms with Crippen LogP contribution in [0.5, 0.6) is 0 Å². The van der Waals surface area contributed by atoms with Gasteiger partial charge in [0.1, 0.15) is 0 Å². The maximum atomic E-state index is 13.1. The minimum absolute atomic E-state index is 0. The number of nitrogens with zero attached hydrogens (tertiary/aromatic N) is 1. The van der Waals surface area contributed by atoms with Gasteiger partial charge in [-0.05, 0) is 37.3 Å². The lowest BCUT2D eigenvalue weighted by molar-refractivity contribution is -0.137. The van der Waals surface area contributed by atoms with Crippen LogP contribution in [-0.2, 0) is 16.3 Å². The molecule has 0 radical (unpaired) electrons. The number of rotatable bonds is 6. The fourth-order valence-corrected chi connectivity index (χ4v) is 3.80. The van der Waals surface area contributed by atoms with Gasteiger partial charge in [-0.3, -0.25) is 4.99 Å². The third-order valence-corrected chi connectivity index (χ3v) is 5.73. The maximum Gasteiger partial charge on any atom is 0.416 e. The van der Waals surface area contributed by atoms with E-state index < -0.39 is 11.7 Å². The molecule has 2 aliphatic rings. The van der Waals surface area contributed by atoms with Crippen LogP contribution in [0.1, 0.15) is 43.2 Å². The normalized spacial score (nSPS) is 18.9. The van der Waals surface area contributed by atoms with Gasteiger partial charge in [-0.1, -0.05) is 36.3 Å². The highest BCUT2D eigenvalue weighted by Crippen LogP contribution is 2.44. The van der Waals surface area contributed by atoms with Crippen LogP contribution in [0.4, 0.5) is 13.2 Å². The van der Waals surface area contributed by atoms with E-state index in [4.69, 9.17) is 4.74 Å².